The molecule has 1 heterocycles. The third-order valence-corrected chi connectivity index (χ3v) is 2.70. The maximum Gasteiger partial charge on any atom is 0.255 e. The summed E-state index contributed by atoms with van der Waals surface area (Å²) in [6.45, 7) is 0. The van der Waals surface area contributed by atoms with Crippen LogP contribution in [-0.2, 0) is 0 Å². The second kappa shape index (κ2) is 5.38. The molecule has 94 valence electrons. The smallest absolute Gasteiger partial charge is 0.255 e. The number of nitriles is 1. The lowest BCUT2D eigenvalue weighted by Gasteiger charge is -2.07. The van der Waals surface area contributed by atoms with E-state index in [4.69, 9.17) is 22.6 Å². The van der Waals surface area contributed by atoms with Gasteiger partial charge < -0.3 is 11.1 Å². The lowest BCUT2D eigenvalue weighted by atomic mass is 10.2. The van der Waals surface area contributed by atoms with Crippen LogP contribution in [0.2, 0.25) is 5.02 Å². The third kappa shape index (κ3) is 3.00. The molecule has 0 saturated carbocycles. The topological polar surface area (TPSA) is 91.8 Å². The van der Waals surface area contributed by atoms with Crippen LogP contribution in [0.1, 0.15) is 15.9 Å². The van der Waals surface area contributed by atoms with E-state index in [-0.39, 0.29) is 11.7 Å². The average Bonchev–Trinajstić information content (AvgIpc) is 2.41. The molecule has 0 saturated heterocycles. The van der Waals surface area contributed by atoms with Crippen LogP contribution < -0.4 is 11.1 Å². The number of aromatic nitrogens is 1. The van der Waals surface area contributed by atoms with Gasteiger partial charge in [-0.25, -0.2) is 4.98 Å². The number of pyridine rings is 1. The fourth-order valence-corrected chi connectivity index (χ4v) is 1.70. The first-order chi connectivity index (χ1) is 9.10. The highest BCUT2D eigenvalue weighted by Crippen LogP contribution is 2.23. The van der Waals surface area contributed by atoms with E-state index < -0.39 is 0 Å². The number of benzene rings is 1. The molecule has 0 unspecified atom stereocenters. The number of halogens is 1. The van der Waals surface area contributed by atoms with Crippen LogP contribution in [-0.4, -0.2) is 10.9 Å². The molecule has 0 aliphatic carbocycles. The molecule has 2 rings (SSSR count). The molecule has 0 bridgehead atoms. The Hall–Kier alpha value is -2.58. The van der Waals surface area contributed by atoms with Gasteiger partial charge in [0.1, 0.15) is 5.82 Å². The van der Waals surface area contributed by atoms with Crippen LogP contribution >= 0.6 is 11.6 Å². The summed E-state index contributed by atoms with van der Waals surface area (Å²) in [5.41, 5.74) is 6.75. The van der Waals surface area contributed by atoms with Gasteiger partial charge in [0.05, 0.1) is 22.3 Å². The van der Waals surface area contributed by atoms with Crippen molar-refractivity contribution in [2.45, 2.75) is 0 Å². The van der Waals surface area contributed by atoms with Gasteiger partial charge >= 0.3 is 0 Å². The van der Waals surface area contributed by atoms with E-state index in [0.717, 1.165) is 0 Å². The molecular formula is C13H9ClN4O. The number of hydrogen-bond acceptors (Lipinski definition) is 4. The largest absolute Gasteiger partial charge is 0.384 e. The number of nitrogens with zero attached hydrogens (tertiary/aromatic N) is 2. The summed E-state index contributed by atoms with van der Waals surface area (Å²) >= 11 is 5.97. The number of carbonyl (C=O) groups is 1. The van der Waals surface area contributed by atoms with Gasteiger partial charge in [-0.2, -0.15) is 5.26 Å². The predicted octanol–water partition coefficient (Wildman–Crippen LogP) is 2.44. The van der Waals surface area contributed by atoms with Crippen molar-refractivity contribution >= 4 is 29.0 Å². The van der Waals surface area contributed by atoms with Crippen LogP contribution in [0.4, 0.5) is 11.5 Å². The monoisotopic (exact) mass is 272 g/mol. The molecule has 1 aromatic heterocycles. The Kier molecular flexibility index (Phi) is 3.64. The van der Waals surface area contributed by atoms with Gasteiger partial charge in [0.25, 0.3) is 5.91 Å². The van der Waals surface area contributed by atoms with Crippen molar-refractivity contribution in [3.05, 3.63) is 52.7 Å². The minimum atomic E-state index is -0.347. The van der Waals surface area contributed by atoms with Crippen molar-refractivity contribution in [1.82, 2.24) is 4.98 Å². The first-order valence-corrected chi connectivity index (χ1v) is 5.70. The van der Waals surface area contributed by atoms with E-state index in [9.17, 15) is 4.79 Å². The first-order valence-electron chi connectivity index (χ1n) is 5.32. The zero-order valence-electron chi connectivity index (χ0n) is 9.72. The normalized spacial score (nSPS) is 9.68. The number of carbonyl (C=O) groups excluding carboxylic acids is 1. The molecule has 0 atom stereocenters. The highest BCUT2D eigenvalue weighted by Gasteiger charge is 2.09. The van der Waals surface area contributed by atoms with Gasteiger partial charge in [-0.1, -0.05) is 11.6 Å². The molecule has 1 amide bonds. The number of rotatable bonds is 2. The van der Waals surface area contributed by atoms with Crippen molar-refractivity contribution < 1.29 is 4.79 Å². The summed E-state index contributed by atoms with van der Waals surface area (Å²) in [4.78, 5) is 15.8. The molecule has 5 nitrogen and oxygen atoms in total. The fraction of sp³-hybridized carbons (Fsp3) is 0. The molecule has 19 heavy (non-hydrogen) atoms. The van der Waals surface area contributed by atoms with Crippen molar-refractivity contribution in [2.24, 2.45) is 0 Å². The van der Waals surface area contributed by atoms with Crippen LogP contribution in [0.15, 0.2) is 36.5 Å². The number of amides is 1. The van der Waals surface area contributed by atoms with Crippen molar-refractivity contribution in [3.8, 4) is 6.07 Å². The van der Waals surface area contributed by atoms with E-state index in [2.05, 4.69) is 10.3 Å². The van der Waals surface area contributed by atoms with Crippen LogP contribution in [0.3, 0.4) is 0 Å². The second-order valence-electron chi connectivity index (χ2n) is 3.73. The summed E-state index contributed by atoms with van der Waals surface area (Å²) in [6.07, 6.45) is 1.45. The maximum atomic E-state index is 12.0. The lowest BCUT2D eigenvalue weighted by molar-refractivity contribution is 0.102. The number of anilines is 2. The number of nitrogen functional groups attached to an aromatic ring is 1. The highest BCUT2D eigenvalue weighted by molar-refractivity contribution is 6.34. The molecule has 0 aliphatic rings. The Morgan fingerprint density at radius 3 is 2.79 bits per heavy atom. The Balaban J connectivity index is 2.22. The number of nitrogens with two attached hydrogens (primary N) is 1. The molecule has 6 heteroatoms. The van der Waals surface area contributed by atoms with E-state index in [1.807, 2.05) is 6.07 Å². The van der Waals surface area contributed by atoms with Gasteiger partial charge in [0.15, 0.2) is 0 Å². The van der Waals surface area contributed by atoms with E-state index in [1.165, 1.54) is 18.3 Å². The quantitative estimate of drug-likeness (QED) is 0.878. The SMILES string of the molecule is N#Cc1ccc(NC(=O)c2ccnc(N)c2)c(Cl)c1. The summed E-state index contributed by atoms with van der Waals surface area (Å²) in [5, 5.41) is 11.7. The van der Waals surface area contributed by atoms with Crippen LogP contribution in [0.5, 0.6) is 0 Å². The summed E-state index contributed by atoms with van der Waals surface area (Å²) < 4.78 is 0. The molecule has 0 radical (unpaired) electrons. The zero-order valence-corrected chi connectivity index (χ0v) is 10.5. The van der Waals surface area contributed by atoms with Crippen molar-refractivity contribution in [1.29, 1.82) is 5.26 Å². The van der Waals surface area contributed by atoms with Crippen molar-refractivity contribution in [3.63, 3.8) is 0 Å². The van der Waals surface area contributed by atoms with Gasteiger partial charge in [-0.15, -0.1) is 0 Å². The predicted molar refractivity (Wildman–Crippen MR) is 72.8 cm³/mol. The number of hydrogen-bond donors (Lipinski definition) is 2. The Bertz CT molecular complexity index is 679. The summed E-state index contributed by atoms with van der Waals surface area (Å²) in [7, 11) is 0. The van der Waals surface area contributed by atoms with Crippen LogP contribution in [0, 0.1) is 11.3 Å². The summed E-state index contributed by atoms with van der Waals surface area (Å²) in [6, 6.07) is 9.60. The Morgan fingerprint density at radius 1 is 1.37 bits per heavy atom. The lowest BCUT2D eigenvalue weighted by Crippen LogP contribution is -2.12. The first kappa shape index (κ1) is 12.9. The van der Waals surface area contributed by atoms with Gasteiger partial charge in [-0.3, -0.25) is 4.79 Å². The standard InChI is InChI=1S/C13H9ClN4O/c14-10-5-8(7-15)1-2-11(10)18-13(19)9-3-4-17-12(16)6-9/h1-6H,(H2,16,17)(H,18,19). The van der Waals surface area contributed by atoms with E-state index >= 15 is 0 Å². The van der Waals surface area contributed by atoms with Gasteiger partial charge in [0, 0.05) is 11.8 Å². The Morgan fingerprint density at radius 2 is 2.16 bits per heavy atom. The molecule has 2 aromatic rings. The molecule has 0 aliphatic heterocycles. The third-order valence-electron chi connectivity index (χ3n) is 2.39. The molecule has 1 aromatic carbocycles. The average molecular weight is 273 g/mol. The van der Waals surface area contributed by atoms with Crippen molar-refractivity contribution in [2.75, 3.05) is 11.1 Å². The molecular weight excluding hydrogens is 264 g/mol. The summed E-state index contributed by atoms with van der Waals surface area (Å²) in [5.74, 6) is -0.0840. The van der Waals surface area contributed by atoms with E-state index in [1.54, 1.807) is 18.2 Å². The van der Waals surface area contributed by atoms with Crippen LogP contribution in [0.25, 0.3) is 0 Å². The number of nitrogens with one attached hydrogen (secondary N) is 1. The second-order valence-corrected chi connectivity index (χ2v) is 4.14. The van der Waals surface area contributed by atoms with Gasteiger partial charge in [-0.05, 0) is 30.3 Å². The van der Waals surface area contributed by atoms with E-state index in [0.29, 0.717) is 21.8 Å². The molecule has 0 spiro atoms. The Labute approximate surface area is 114 Å². The minimum Gasteiger partial charge on any atom is -0.384 e. The zero-order chi connectivity index (χ0) is 13.8. The molecule has 0 fully saturated rings. The molecule has 3 N–H and O–H groups in total. The van der Waals surface area contributed by atoms with Gasteiger partial charge in [0.2, 0.25) is 0 Å². The highest BCUT2D eigenvalue weighted by atomic mass is 35.5. The maximum absolute atomic E-state index is 12.0. The fourth-order valence-electron chi connectivity index (χ4n) is 1.47. The minimum absolute atomic E-state index is 0.263.